The quantitative estimate of drug-likeness (QED) is 0.377. The summed E-state index contributed by atoms with van der Waals surface area (Å²) in [6.07, 6.45) is 2.22. The number of benzene rings is 2. The van der Waals surface area contributed by atoms with Crippen LogP contribution in [0.4, 0.5) is 5.69 Å². The number of hydrogen-bond donors (Lipinski definition) is 1. The highest BCUT2D eigenvalue weighted by Gasteiger charge is 2.26. The molecule has 0 fully saturated rings. The van der Waals surface area contributed by atoms with Crippen molar-refractivity contribution in [3.05, 3.63) is 60.2 Å². The minimum atomic E-state index is -3.55. The number of nitrogens with one attached hydrogen (secondary N) is 1. The monoisotopic (exact) mass is 531 g/mol. The Balaban J connectivity index is 2.09. The molecule has 1 atom stereocenters. The second-order valence-corrected chi connectivity index (χ2v) is 11.4. The van der Waals surface area contributed by atoms with Gasteiger partial charge in [0, 0.05) is 26.1 Å². The summed E-state index contributed by atoms with van der Waals surface area (Å²) in [5.74, 6) is 0.591. The van der Waals surface area contributed by atoms with Crippen LogP contribution in [0.2, 0.25) is 0 Å². The van der Waals surface area contributed by atoms with Crippen molar-refractivity contribution >= 4 is 27.5 Å². The topological polar surface area (TPSA) is 96.0 Å². The lowest BCUT2D eigenvalue weighted by Gasteiger charge is -2.29. The van der Waals surface area contributed by atoms with Crippen molar-refractivity contribution in [3.63, 3.8) is 0 Å². The molecule has 0 aromatic heterocycles. The molecular formula is C28H41N3O5S. The summed E-state index contributed by atoms with van der Waals surface area (Å²) >= 11 is 0. The molecule has 0 saturated heterocycles. The molecule has 204 valence electrons. The predicted molar refractivity (Wildman–Crippen MR) is 148 cm³/mol. The van der Waals surface area contributed by atoms with E-state index >= 15 is 0 Å². The Labute approximate surface area is 222 Å². The number of sulfonamides is 1. The summed E-state index contributed by atoms with van der Waals surface area (Å²) in [6, 6.07) is 16.0. The first-order chi connectivity index (χ1) is 17.5. The van der Waals surface area contributed by atoms with Gasteiger partial charge in [0.2, 0.25) is 21.8 Å². The largest absolute Gasteiger partial charge is 0.494 e. The van der Waals surface area contributed by atoms with Crippen molar-refractivity contribution in [2.45, 2.75) is 53.0 Å². The van der Waals surface area contributed by atoms with Crippen LogP contribution in [0.25, 0.3) is 0 Å². The molecule has 37 heavy (non-hydrogen) atoms. The summed E-state index contributed by atoms with van der Waals surface area (Å²) in [4.78, 5) is 27.7. The van der Waals surface area contributed by atoms with E-state index in [4.69, 9.17) is 4.74 Å². The van der Waals surface area contributed by atoms with Gasteiger partial charge in [-0.1, -0.05) is 44.2 Å². The molecular weight excluding hydrogens is 490 g/mol. The number of hydrogen-bond acceptors (Lipinski definition) is 5. The minimum absolute atomic E-state index is 0.125. The molecule has 1 N–H and O–H groups in total. The Kier molecular flexibility index (Phi) is 11.9. The molecule has 0 heterocycles. The van der Waals surface area contributed by atoms with Crippen molar-refractivity contribution in [2.75, 3.05) is 36.8 Å². The number of anilines is 1. The van der Waals surface area contributed by atoms with E-state index in [0.29, 0.717) is 49.9 Å². The predicted octanol–water partition coefficient (Wildman–Crippen LogP) is 3.86. The summed E-state index contributed by atoms with van der Waals surface area (Å²) in [7, 11) is -3.55. The van der Waals surface area contributed by atoms with Crippen LogP contribution in [0.5, 0.6) is 5.75 Å². The molecule has 0 spiro atoms. The van der Waals surface area contributed by atoms with Crippen LogP contribution in [0, 0.1) is 5.92 Å². The third kappa shape index (κ3) is 10.1. The van der Waals surface area contributed by atoms with Gasteiger partial charge in [-0.25, -0.2) is 8.42 Å². The minimum Gasteiger partial charge on any atom is -0.494 e. The van der Waals surface area contributed by atoms with Gasteiger partial charge in [0.15, 0.2) is 0 Å². The third-order valence-electron chi connectivity index (χ3n) is 5.92. The lowest BCUT2D eigenvalue weighted by molar-refractivity contribution is -0.140. The molecule has 0 unspecified atom stereocenters. The third-order valence-corrected chi connectivity index (χ3v) is 7.12. The zero-order chi connectivity index (χ0) is 27.4. The highest BCUT2D eigenvalue weighted by atomic mass is 32.2. The number of carbonyl (C=O) groups is 2. The fourth-order valence-corrected chi connectivity index (χ4v) is 4.87. The first kappa shape index (κ1) is 30.2. The van der Waals surface area contributed by atoms with Crippen molar-refractivity contribution in [2.24, 2.45) is 5.92 Å². The summed E-state index contributed by atoms with van der Waals surface area (Å²) < 4.78 is 31.7. The number of rotatable bonds is 15. The van der Waals surface area contributed by atoms with Gasteiger partial charge >= 0.3 is 0 Å². The van der Waals surface area contributed by atoms with E-state index in [1.54, 1.807) is 36.1 Å². The molecule has 2 aromatic rings. The average Bonchev–Trinajstić information content (AvgIpc) is 2.86. The molecule has 0 aliphatic heterocycles. The van der Waals surface area contributed by atoms with Crippen molar-refractivity contribution < 1.29 is 22.7 Å². The van der Waals surface area contributed by atoms with Crippen molar-refractivity contribution in [1.29, 1.82) is 0 Å². The summed E-state index contributed by atoms with van der Waals surface area (Å²) in [5.41, 5.74) is 1.59. The van der Waals surface area contributed by atoms with Gasteiger partial charge in [-0.2, -0.15) is 0 Å². The van der Waals surface area contributed by atoms with Crippen LogP contribution in [0.15, 0.2) is 54.6 Å². The summed E-state index contributed by atoms with van der Waals surface area (Å²) in [6.45, 7) is 9.25. The van der Waals surface area contributed by atoms with E-state index in [9.17, 15) is 18.0 Å². The van der Waals surface area contributed by atoms with E-state index in [-0.39, 0.29) is 24.8 Å². The second kappa shape index (κ2) is 14.6. The summed E-state index contributed by atoms with van der Waals surface area (Å²) in [5, 5.41) is 2.91. The molecule has 0 aliphatic rings. The maximum absolute atomic E-state index is 13.3. The normalized spacial score (nSPS) is 12.2. The lowest BCUT2D eigenvalue weighted by atomic mass is 10.1. The van der Waals surface area contributed by atoms with Gasteiger partial charge in [0.25, 0.3) is 0 Å². The highest BCUT2D eigenvalue weighted by Crippen LogP contribution is 2.22. The Morgan fingerprint density at radius 1 is 0.973 bits per heavy atom. The Morgan fingerprint density at radius 3 is 2.19 bits per heavy atom. The fraction of sp³-hybridized carbons (Fsp3) is 0.500. The maximum atomic E-state index is 13.3. The van der Waals surface area contributed by atoms with Crippen LogP contribution in [0.1, 0.15) is 46.1 Å². The second-order valence-electron chi connectivity index (χ2n) is 9.50. The van der Waals surface area contributed by atoms with Gasteiger partial charge in [-0.15, -0.1) is 0 Å². The van der Waals surface area contributed by atoms with Crippen molar-refractivity contribution in [3.8, 4) is 5.75 Å². The van der Waals surface area contributed by atoms with Crippen molar-refractivity contribution in [1.82, 2.24) is 10.2 Å². The number of amides is 2. The first-order valence-corrected chi connectivity index (χ1v) is 14.7. The molecule has 0 bridgehead atoms. The van der Waals surface area contributed by atoms with Crippen LogP contribution in [-0.4, -0.2) is 63.7 Å². The first-order valence-electron chi connectivity index (χ1n) is 12.8. The van der Waals surface area contributed by atoms with E-state index in [0.717, 1.165) is 11.8 Å². The zero-order valence-electron chi connectivity index (χ0n) is 22.6. The Bertz CT molecular complexity index is 1090. The van der Waals surface area contributed by atoms with E-state index < -0.39 is 16.1 Å². The molecule has 8 nitrogen and oxygen atoms in total. The Morgan fingerprint density at radius 2 is 1.62 bits per heavy atom. The molecule has 2 amide bonds. The van der Waals surface area contributed by atoms with Gasteiger partial charge in [-0.3, -0.25) is 13.9 Å². The van der Waals surface area contributed by atoms with Crippen LogP contribution in [-0.2, 0) is 26.0 Å². The van der Waals surface area contributed by atoms with Gasteiger partial charge in [-0.05, 0) is 62.4 Å². The highest BCUT2D eigenvalue weighted by molar-refractivity contribution is 7.92. The molecule has 0 saturated carbocycles. The number of nitrogens with zero attached hydrogens (tertiary/aromatic N) is 2. The molecule has 9 heteroatoms. The smallest absolute Gasteiger partial charge is 0.242 e. The molecule has 2 aromatic carbocycles. The van der Waals surface area contributed by atoms with E-state index in [1.807, 2.05) is 51.1 Å². The molecule has 2 rings (SSSR count). The molecule has 0 aliphatic carbocycles. The molecule has 0 radical (unpaired) electrons. The van der Waals surface area contributed by atoms with Crippen LogP contribution in [0.3, 0.4) is 0 Å². The Hall–Kier alpha value is -3.07. The fourth-order valence-electron chi connectivity index (χ4n) is 3.90. The number of carbonyl (C=O) groups excluding carboxylic acids is 2. The lowest BCUT2D eigenvalue weighted by Crippen LogP contribution is -2.49. The van der Waals surface area contributed by atoms with Crippen LogP contribution < -0.4 is 14.4 Å². The van der Waals surface area contributed by atoms with Gasteiger partial charge < -0.3 is 15.0 Å². The van der Waals surface area contributed by atoms with Gasteiger partial charge in [0.1, 0.15) is 11.8 Å². The van der Waals surface area contributed by atoms with E-state index in [1.165, 1.54) is 4.31 Å². The zero-order valence-corrected chi connectivity index (χ0v) is 23.5. The maximum Gasteiger partial charge on any atom is 0.242 e. The van der Waals surface area contributed by atoms with Crippen LogP contribution >= 0.6 is 0 Å². The average molecular weight is 532 g/mol. The number of ether oxygens (including phenoxy) is 1. The SMILES string of the molecule is CCOc1ccc(N(CCCC(=O)N(CCc2ccccc2)[C@H](C)C(=O)NCC(C)C)S(C)(=O)=O)cc1. The standard InChI is InChI=1S/C28H41N3O5S/c1-6-36-26-16-14-25(15-17-26)31(37(5,34)35)19-10-13-27(32)30(20-18-24-11-8-7-9-12-24)23(4)28(33)29-21-22(2)3/h7-9,11-12,14-17,22-23H,6,10,13,18-21H2,1-5H3,(H,29,33)/t23-/m1/s1. The van der Waals surface area contributed by atoms with Gasteiger partial charge in [0.05, 0.1) is 18.6 Å². The van der Waals surface area contributed by atoms with E-state index in [2.05, 4.69) is 5.32 Å².